The first-order valence-electron chi connectivity index (χ1n) is 5.22. The summed E-state index contributed by atoms with van der Waals surface area (Å²) in [5.41, 5.74) is 0.622. The molecule has 1 amide bonds. The molecule has 0 radical (unpaired) electrons. The zero-order chi connectivity index (χ0) is 12.5. The molecule has 0 aromatic carbocycles. The van der Waals surface area contributed by atoms with Crippen LogP contribution in [-0.4, -0.2) is 22.9 Å². The van der Waals surface area contributed by atoms with Crippen molar-refractivity contribution in [1.82, 2.24) is 10.3 Å². The standard InChI is InChI=1S/C11H11BrF2N2O/c12-7-1-2-8(15-6-7)3-10(17)16-9-4-11(13,14)5-9/h1-2,6,9H,3-5H2,(H,16,17). The molecule has 0 atom stereocenters. The van der Waals surface area contributed by atoms with Crippen LogP contribution in [0.3, 0.4) is 0 Å². The average Bonchev–Trinajstić information content (AvgIpc) is 2.18. The van der Waals surface area contributed by atoms with Crippen LogP contribution >= 0.6 is 15.9 Å². The summed E-state index contributed by atoms with van der Waals surface area (Å²) in [6.07, 6.45) is 1.20. The Morgan fingerprint density at radius 2 is 2.24 bits per heavy atom. The van der Waals surface area contributed by atoms with Gasteiger partial charge < -0.3 is 5.32 Å². The molecule has 0 saturated heterocycles. The average molecular weight is 305 g/mol. The van der Waals surface area contributed by atoms with Gasteiger partial charge in [0.1, 0.15) is 0 Å². The summed E-state index contributed by atoms with van der Waals surface area (Å²) in [5.74, 6) is -2.87. The van der Waals surface area contributed by atoms with E-state index in [4.69, 9.17) is 0 Å². The lowest BCUT2D eigenvalue weighted by Gasteiger charge is -2.35. The van der Waals surface area contributed by atoms with Gasteiger partial charge in [-0.25, -0.2) is 8.78 Å². The Balaban J connectivity index is 1.80. The fraction of sp³-hybridized carbons (Fsp3) is 0.455. The van der Waals surface area contributed by atoms with Crippen molar-refractivity contribution in [2.45, 2.75) is 31.2 Å². The number of aromatic nitrogens is 1. The molecule has 2 rings (SSSR count). The Labute approximate surface area is 106 Å². The largest absolute Gasteiger partial charge is 0.353 e. The molecule has 1 N–H and O–H groups in total. The fourth-order valence-corrected chi connectivity index (χ4v) is 1.95. The first-order chi connectivity index (χ1) is 7.94. The van der Waals surface area contributed by atoms with Gasteiger partial charge in [0.15, 0.2) is 0 Å². The van der Waals surface area contributed by atoms with Crippen LogP contribution in [0, 0.1) is 0 Å². The molecule has 0 bridgehead atoms. The van der Waals surface area contributed by atoms with Crippen molar-refractivity contribution in [3.63, 3.8) is 0 Å². The van der Waals surface area contributed by atoms with Gasteiger partial charge in [0.05, 0.1) is 6.42 Å². The van der Waals surface area contributed by atoms with Gasteiger partial charge in [-0.2, -0.15) is 0 Å². The maximum absolute atomic E-state index is 12.5. The third kappa shape index (κ3) is 3.46. The highest BCUT2D eigenvalue weighted by atomic mass is 79.9. The van der Waals surface area contributed by atoms with Gasteiger partial charge in [-0.05, 0) is 28.1 Å². The molecule has 1 aromatic heterocycles. The van der Waals surface area contributed by atoms with E-state index in [9.17, 15) is 13.6 Å². The lowest BCUT2D eigenvalue weighted by Crippen LogP contribution is -2.50. The summed E-state index contributed by atoms with van der Waals surface area (Å²) in [7, 11) is 0. The van der Waals surface area contributed by atoms with Gasteiger partial charge >= 0.3 is 0 Å². The van der Waals surface area contributed by atoms with Crippen molar-refractivity contribution < 1.29 is 13.6 Å². The Hall–Kier alpha value is -1.04. The van der Waals surface area contributed by atoms with Gasteiger partial charge in [-0.3, -0.25) is 9.78 Å². The van der Waals surface area contributed by atoms with E-state index in [1.165, 1.54) is 0 Å². The van der Waals surface area contributed by atoms with Crippen molar-refractivity contribution in [3.05, 3.63) is 28.5 Å². The number of hydrogen-bond acceptors (Lipinski definition) is 2. The molecule has 1 aliphatic rings. The summed E-state index contributed by atoms with van der Waals surface area (Å²) >= 11 is 3.24. The van der Waals surface area contributed by atoms with E-state index in [1.54, 1.807) is 18.3 Å². The molecule has 1 saturated carbocycles. The van der Waals surface area contributed by atoms with Crippen LogP contribution in [0.25, 0.3) is 0 Å². The third-order valence-electron chi connectivity index (χ3n) is 2.59. The Morgan fingerprint density at radius 1 is 1.53 bits per heavy atom. The van der Waals surface area contributed by atoms with Crippen molar-refractivity contribution in [2.24, 2.45) is 0 Å². The summed E-state index contributed by atoms with van der Waals surface area (Å²) in [6, 6.07) is 3.11. The number of halogens is 3. The minimum absolute atomic E-state index is 0.120. The lowest BCUT2D eigenvalue weighted by atomic mass is 9.88. The quantitative estimate of drug-likeness (QED) is 0.931. The van der Waals surface area contributed by atoms with E-state index < -0.39 is 12.0 Å². The number of amides is 1. The van der Waals surface area contributed by atoms with Crippen LogP contribution in [0.1, 0.15) is 18.5 Å². The van der Waals surface area contributed by atoms with Crippen LogP contribution < -0.4 is 5.32 Å². The smallest absolute Gasteiger partial charge is 0.252 e. The number of carbonyl (C=O) groups excluding carboxylic acids is 1. The highest BCUT2D eigenvalue weighted by Gasteiger charge is 2.45. The second-order valence-corrected chi connectivity index (χ2v) is 5.09. The van der Waals surface area contributed by atoms with Gasteiger partial charge in [-0.1, -0.05) is 0 Å². The SMILES string of the molecule is O=C(Cc1ccc(Br)cn1)NC1CC(F)(F)C1. The maximum atomic E-state index is 12.5. The van der Waals surface area contributed by atoms with Crippen molar-refractivity contribution in [1.29, 1.82) is 0 Å². The minimum atomic E-state index is -2.60. The zero-order valence-corrected chi connectivity index (χ0v) is 10.5. The lowest BCUT2D eigenvalue weighted by molar-refractivity contribution is -0.128. The molecule has 1 aromatic rings. The van der Waals surface area contributed by atoms with E-state index >= 15 is 0 Å². The predicted molar refractivity (Wildman–Crippen MR) is 61.8 cm³/mol. The molecule has 1 fully saturated rings. The highest BCUT2D eigenvalue weighted by Crippen LogP contribution is 2.37. The van der Waals surface area contributed by atoms with E-state index in [0.717, 1.165) is 4.47 Å². The first kappa shape index (κ1) is 12.4. The van der Waals surface area contributed by atoms with Gasteiger partial charge in [0.2, 0.25) is 5.91 Å². The monoisotopic (exact) mass is 304 g/mol. The van der Waals surface area contributed by atoms with Gasteiger partial charge in [0, 0.05) is 35.2 Å². The number of nitrogens with one attached hydrogen (secondary N) is 1. The topological polar surface area (TPSA) is 42.0 Å². The summed E-state index contributed by atoms with van der Waals surface area (Å²) in [5, 5.41) is 2.56. The normalized spacial score (nSPS) is 18.5. The van der Waals surface area contributed by atoms with Crippen molar-refractivity contribution in [3.8, 4) is 0 Å². The number of hydrogen-bond donors (Lipinski definition) is 1. The first-order valence-corrected chi connectivity index (χ1v) is 6.01. The van der Waals surface area contributed by atoms with Crippen molar-refractivity contribution in [2.75, 3.05) is 0 Å². The van der Waals surface area contributed by atoms with Crippen molar-refractivity contribution >= 4 is 21.8 Å². The fourth-order valence-electron chi connectivity index (χ4n) is 1.72. The Morgan fingerprint density at radius 3 is 2.76 bits per heavy atom. The second kappa shape index (κ2) is 4.68. The predicted octanol–water partition coefficient (Wildman–Crippen LogP) is 2.30. The molecule has 1 heterocycles. The molecular formula is C11H11BrF2N2O. The molecule has 0 spiro atoms. The van der Waals surface area contributed by atoms with E-state index in [-0.39, 0.29) is 25.2 Å². The molecule has 0 aliphatic heterocycles. The Kier molecular flexibility index (Phi) is 3.42. The van der Waals surface area contributed by atoms with Crippen LogP contribution in [-0.2, 0) is 11.2 Å². The van der Waals surface area contributed by atoms with Crippen LogP contribution in [0.15, 0.2) is 22.8 Å². The summed E-state index contributed by atoms with van der Waals surface area (Å²) in [4.78, 5) is 15.5. The summed E-state index contributed by atoms with van der Waals surface area (Å²) in [6.45, 7) is 0. The number of pyridine rings is 1. The Bertz CT molecular complexity index is 414. The number of nitrogens with zero attached hydrogens (tertiary/aromatic N) is 1. The molecule has 92 valence electrons. The molecular weight excluding hydrogens is 294 g/mol. The van der Waals surface area contributed by atoms with Crippen LogP contribution in [0.2, 0.25) is 0 Å². The van der Waals surface area contributed by atoms with Gasteiger partial charge in [-0.15, -0.1) is 0 Å². The highest BCUT2D eigenvalue weighted by molar-refractivity contribution is 9.10. The maximum Gasteiger partial charge on any atom is 0.252 e. The number of rotatable bonds is 3. The van der Waals surface area contributed by atoms with E-state index in [2.05, 4.69) is 26.2 Å². The zero-order valence-electron chi connectivity index (χ0n) is 8.92. The molecule has 17 heavy (non-hydrogen) atoms. The molecule has 1 aliphatic carbocycles. The molecule has 0 unspecified atom stereocenters. The van der Waals surface area contributed by atoms with E-state index in [0.29, 0.717) is 5.69 Å². The molecule has 6 heteroatoms. The molecule has 3 nitrogen and oxygen atoms in total. The van der Waals surface area contributed by atoms with Crippen LogP contribution in [0.4, 0.5) is 8.78 Å². The van der Waals surface area contributed by atoms with Crippen LogP contribution in [0.5, 0.6) is 0 Å². The second-order valence-electron chi connectivity index (χ2n) is 4.17. The summed E-state index contributed by atoms with van der Waals surface area (Å²) < 4.78 is 25.9. The van der Waals surface area contributed by atoms with Gasteiger partial charge in [0.25, 0.3) is 5.92 Å². The minimum Gasteiger partial charge on any atom is -0.353 e. The third-order valence-corrected chi connectivity index (χ3v) is 3.05. The van der Waals surface area contributed by atoms with E-state index in [1.807, 2.05) is 0 Å². The number of carbonyl (C=O) groups is 1. The number of alkyl halides is 2.